The van der Waals surface area contributed by atoms with Gasteiger partial charge in [0, 0.05) is 11.8 Å². The normalized spacial score (nSPS) is 30.0. The Hall–Kier alpha value is -0.943. The van der Waals surface area contributed by atoms with Crippen molar-refractivity contribution in [3.8, 4) is 0 Å². The highest BCUT2D eigenvalue weighted by atomic mass is 28.4. The topological polar surface area (TPSA) is 52.6 Å². The van der Waals surface area contributed by atoms with Crippen molar-refractivity contribution >= 4 is 20.1 Å². The van der Waals surface area contributed by atoms with Crippen molar-refractivity contribution in [1.82, 2.24) is 0 Å². The Labute approximate surface area is 135 Å². The Morgan fingerprint density at radius 2 is 1.95 bits per heavy atom. The molecule has 0 bridgehead atoms. The quantitative estimate of drug-likeness (QED) is 0.342. The second-order valence-corrected chi connectivity index (χ2v) is 12.7. The molecule has 0 aromatic carbocycles. The van der Waals surface area contributed by atoms with Gasteiger partial charge < -0.3 is 9.16 Å². The predicted octanol–water partition coefficient (Wildman–Crippen LogP) is 3.72. The first-order chi connectivity index (χ1) is 9.90. The van der Waals surface area contributed by atoms with E-state index >= 15 is 0 Å². The van der Waals surface area contributed by atoms with E-state index in [2.05, 4.69) is 40.4 Å². The van der Waals surface area contributed by atoms with Gasteiger partial charge in [-0.3, -0.25) is 9.59 Å². The maximum atomic E-state index is 12.3. The van der Waals surface area contributed by atoms with Gasteiger partial charge in [-0.1, -0.05) is 33.8 Å². The van der Waals surface area contributed by atoms with Gasteiger partial charge in [-0.25, -0.2) is 0 Å². The van der Waals surface area contributed by atoms with Gasteiger partial charge in [-0.15, -0.1) is 6.58 Å². The van der Waals surface area contributed by atoms with Crippen molar-refractivity contribution < 1.29 is 18.8 Å². The summed E-state index contributed by atoms with van der Waals surface area (Å²) in [7, 11) is -0.688. The van der Waals surface area contributed by atoms with E-state index in [-0.39, 0.29) is 16.9 Å². The lowest BCUT2D eigenvalue weighted by atomic mass is 9.65. The molecule has 22 heavy (non-hydrogen) atoms. The second-order valence-electron chi connectivity index (χ2n) is 7.90. The second kappa shape index (κ2) is 6.28. The number of carbonyl (C=O) groups excluding carboxylic acids is 2. The van der Waals surface area contributed by atoms with Gasteiger partial charge in [0.15, 0.2) is 8.32 Å². The van der Waals surface area contributed by atoms with Crippen LogP contribution < -0.4 is 0 Å². The monoisotopic (exact) mass is 326 g/mol. The molecule has 0 saturated heterocycles. The van der Waals surface area contributed by atoms with Crippen LogP contribution in [0.5, 0.6) is 0 Å². The van der Waals surface area contributed by atoms with E-state index in [1.165, 1.54) is 7.11 Å². The van der Waals surface area contributed by atoms with E-state index in [4.69, 9.17) is 9.16 Å². The number of rotatable bonds is 4. The Bertz CT molecular complexity index is 456. The fraction of sp³-hybridized carbons (Fsp3) is 0.765. The van der Waals surface area contributed by atoms with Crippen LogP contribution in [0.2, 0.25) is 18.1 Å². The number of methoxy groups -OCH3 is 1. The van der Waals surface area contributed by atoms with Crippen molar-refractivity contribution in [2.24, 2.45) is 11.3 Å². The molecule has 1 saturated carbocycles. The fourth-order valence-electron chi connectivity index (χ4n) is 2.73. The van der Waals surface area contributed by atoms with Gasteiger partial charge in [-0.05, 0) is 24.6 Å². The predicted molar refractivity (Wildman–Crippen MR) is 90.1 cm³/mol. The molecule has 1 fully saturated rings. The van der Waals surface area contributed by atoms with Crippen molar-refractivity contribution in [3.63, 3.8) is 0 Å². The first-order valence-corrected chi connectivity index (χ1v) is 10.7. The van der Waals surface area contributed by atoms with Crippen molar-refractivity contribution in [3.05, 3.63) is 12.7 Å². The Morgan fingerprint density at radius 3 is 2.36 bits per heavy atom. The minimum Gasteiger partial charge on any atom is -0.468 e. The molecular formula is C17H30O4Si. The summed E-state index contributed by atoms with van der Waals surface area (Å²) in [6, 6.07) is 0. The summed E-state index contributed by atoms with van der Waals surface area (Å²) in [5.74, 6) is -1.39. The van der Waals surface area contributed by atoms with E-state index < -0.39 is 25.6 Å². The number of hydrogen-bond acceptors (Lipinski definition) is 4. The lowest BCUT2D eigenvalue weighted by Crippen LogP contribution is -2.55. The van der Waals surface area contributed by atoms with Crippen LogP contribution in [0, 0.1) is 11.3 Å². The number of esters is 1. The zero-order valence-corrected chi connectivity index (χ0v) is 16.0. The molecule has 126 valence electrons. The molecule has 0 heterocycles. The van der Waals surface area contributed by atoms with Crippen LogP contribution in [0.25, 0.3) is 0 Å². The molecule has 0 N–H and O–H groups in total. The Morgan fingerprint density at radius 1 is 1.41 bits per heavy atom. The molecule has 0 aromatic heterocycles. The van der Waals surface area contributed by atoms with E-state index in [9.17, 15) is 9.59 Å². The minimum absolute atomic E-state index is 0.0668. The first kappa shape index (κ1) is 19.1. The number of carbonyl (C=O) groups is 2. The third-order valence-corrected chi connectivity index (χ3v) is 9.90. The van der Waals surface area contributed by atoms with Crippen LogP contribution in [0.1, 0.15) is 40.5 Å². The fourth-order valence-corrected chi connectivity index (χ4v) is 4.17. The molecule has 1 rings (SSSR count). The van der Waals surface area contributed by atoms with Crippen LogP contribution in [-0.2, 0) is 18.8 Å². The number of ketones is 1. The van der Waals surface area contributed by atoms with Gasteiger partial charge in [-0.2, -0.15) is 0 Å². The van der Waals surface area contributed by atoms with Crippen LogP contribution in [0.4, 0.5) is 0 Å². The van der Waals surface area contributed by atoms with Crippen molar-refractivity contribution in [2.45, 2.75) is 64.8 Å². The van der Waals surface area contributed by atoms with E-state index in [1.54, 1.807) is 6.08 Å². The van der Waals surface area contributed by atoms with Gasteiger partial charge >= 0.3 is 5.97 Å². The number of hydrogen-bond donors (Lipinski definition) is 0. The van der Waals surface area contributed by atoms with E-state index in [0.717, 1.165) is 0 Å². The van der Waals surface area contributed by atoms with Crippen molar-refractivity contribution in [2.75, 3.05) is 7.11 Å². The molecule has 0 amide bonds. The van der Waals surface area contributed by atoms with Gasteiger partial charge in [0.05, 0.1) is 13.2 Å². The largest absolute Gasteiger partial charge is 0.468 e. The average molecular weight is 327 g/mol. The standard InChI is InChI=1S/C17H30O4Si/c1-9-17(5)13(21-22(7,8)16(2,3)4)11-10-12(18)14(17)15(19)20-6/h9,13-14H,1,10-11H2,2-8H3/t13-,14?,17+/m0/s1. The summed E-state index contributed by atoms with van der Waals surface area (Å²) in [6.07, 6.45) is 2.49. The van der Waals surface area contributed by atoms with Crippen LogP contribution in [-0.4, -0.2) is 33.3 Å². The highest BCUT2D eigenvalue weighted by Gasteiger charge is 2.53. The number of Topliss-reactive ketones (excluding diaryl/α,β-unsaturated/α-hetero) is 1. The zero-order valence-electron chi connectivity index (χ0n) is 15.0. The smallest absolute Gasteiger partial charge is 0.317 e. The Kier molecular flexibility index (Phi) is 5.45. The van der Waals surface area contributed by atoms with E-state index in [1.807, 2.05) is 6.92 Å². The number of ether oxygens (including phenoxy) is 1. The lowest BCUT2D eigenvalue weighted by molar-refractivity contribution is -0.159. The maximum absolute atomic E-state index is 12.3. The molecular weight excluding hydrogens is 296 g/mol. The molecule has 1 aliphatic carbocycles. The SMILES string of the molecule is C=C[C@@]1(C)C(C(=O)OC)C(=O)CC[C@@H]1O[Si](C)(C)C(C)(C)C. The summed E-state index contributed by atoms with van der Waals surface area (Å²) < 4.78 is 11.4. The van der Waals surface area contributed by atoms with Gasteiger partial charge in [0.25, 0.3) is 0 Å². The molecule has 3 atom stereocenters. The minimum atomic E-state index is -2.01. The lowest BCUT2D eigenvalue weighted by Gasteiger charge is -2.48. The third kappa shape index (κ3) is 3.35. The maximum Gasteiger partial charge on any atom is 0.317 e. The van der Waals surface area contributed by atoms with Gasteiger partial charge in [0.2, 0.25) is 0 Å². The molecule has 1 unspecified atom stereocenters. The summed E-state index contributed by atoms with van der Waals surface area (Å²) in [5, 5.41) is 0.0668. The summed E-state index contributed by atoms with van der Waals surface area (Å²) in [4.78, 5) is 24.4. The molecule has 1 aliphatic rings. The zero-order chi connectivity index (χ0) is 17.3. The summed E-state index contributed by atoms with van der Waals surface area (Å²) >= 11 is 0. The molecule has 0 aromatic rings. The van der Waals surface area contributed by atoms with E-state index in [0.29, 0.717) is 12.8 Å². The highest BCUT2D eigenvalue weighted by molar-refractivity contribution is 6.74. The molecule has 0 spiro atoms. The average Bonchev–Trinajstić information content (AvgIpc) is 2.40. The summed E-state index contributed by atoms with van der Waals surface area (Å²) in [5.41, 5.74) is -0.724. The third-order valence-electron chi connectivity index (χ3n) is 5.41. The molecule has 5 heteroatoms. The summed E-state index contributed by atoms with van der Waals surface area (Å²) in [6.45, 7) is 16.7. The molecule has 4 nitrogen and oxygen atoms in total. The molecule has 0 radical (unpaired) electrons. The Balaban J connectivity index is 3.18. The van der Waals surface area contributed by atoms with Crippen LogP contribution >= 0.6 is 0 Å². The van der Waals surface area contributed by atoms with Gasteiger partial charge in [0.1, 0.15) is 11.7 Å². The molecule has 0 aliphatic heterocycles. The highest BCUT2D eigenvalue weighted by Crippen LogP contribution is 2.46. The van der Waals surface area contributed by atoms with Crippen LogP contribution in [0.3, 0.4) is 0 Å². The first-order valence-electron chi connectivity index (χ1n) is 7.82. The van der Waals surface area contributed by atoms with Crippen LogP contribution in [0.15, 0.2) is 12.7 Å². The van der Waals surface area contributed by atoms with Crippen molar-refractivity contribution in [1.29, 1.82) is 0 Å².